The molecule has 0 aliphatic carbocycles. The Morgan fingerprint density at radius 2 is 1.47 bits per heavy atom. The molecule has 0 spiro atoms. The minimum absolute atomic E-state index is 0.0834. The Labute approximate surface area is 109 Å². The van der Waals surface area contributed by atoms with Gasteiger partial charge in [-0.05, 0) is 19.9 Å². The van der Waals surface area contributed by atoms with Crippen LogP contribution >= 0.6 is 0 Å². The van der Waals surface area contributed by atoms with Gasteiger partial charge in [0.25, 0.3) is 0 Å². The topological polar surface area (TPSA) is 27.7 Å². The van der Waals surface area contributed by atoms with Gasteiger partial charge in [-0.2, -0.15) is 0 Å². The van der Waals surface area contributed by atoms with Crippen molar-refractivity contribution < 1.29 is 30.8 Å². The van der Waals surface area contributed by atoms with E-state index in [1.54, 1.807) is 13.8 Å². The van der Waals surface area contributed by atoms with E-state index in [0.717, 1.165) is 0 Å². The zero-order valence-electron chi connectivity index (χ0n) is 10.7. The third-order valence-electron chi connectivity index (χ3n) is 2.37. The van der Waals surface area contributed by atoms with Crippen LogP contribution in [0.2, 0.25) is 0 Å². The molecule has 19 heavy (non-hydrogen) atoms. The highest BCUT2D eigenvalue weighted by Crippen LogP contribution is 2.18. The molecule has 1 aromatic carbocycles. The summed E-state index contributed by atoms with van der Waals surface area (Å²) in [5.74, 6) is -6.88. The maximum atomic E-state index is 13.8. The second kappa shape index (κ2) is 6.46. The Bertz CT molecular complexity index is 450. The van der Waals surface area contributed by atoms with Crippen LogP contribution in [-0.2, 0) is 13.3 Å². The number of halogens is 4. The molecule has 0 aromatic heterocycles. The fourth-order valence-electron chi connectivity index (χ4n) is 1.60. The molecule has 0 saturated carbocycles. The molecule has 0 radical (unpaired) electrons. The molecule has 108 valence electrons. The molecule has 0 aliphatic heterocycles. The minimum Gasteiger partial charge on any atom is -0.373 e. The van der Waals surface area contributed by atoms with Gasteiger partial charge in [-0.1, -0.05) is 0 Å². The minimum atomic E-state index is -3.80. The van der Waals surface area contributed by atoms with Crippen LogP contribution in [0.25, 0.3) is 0 Å². The summed E-state index contributed by atoms with van der Waals surface area (Å²) < 4.78 is 68.7. The monoisotopic (exact) mass is 298 g/mol. The lowest BCUT2D eigenvalue weighted by Crippen LogP contribution is -2.58. The molecule has 0 bridgehead atoms. The van der Waals surface area contributed by atoms with Gasteiger partial charge in [-0.25, -0.2) is 17.6 Å². The van der Waals surface area contributed by atoms with Crippen LogP contribution in [0.15, 0.2) is 6.07 Å². The van der Waals surface area contributed by atoms with Gasteiger partial charge in [-0.3, -0.25) is 0 Å². The van der Waals surface area contributed by atoms with Crippen LogP contribution in [0.3, 0.4) is 0 Å². The average Bonchev–Trinajstić information content (AvgIpc) is 2.40. The molecule has 0 unspecified atom stereocenters. The Morgan fingerprint density at radius 3 is 1.89 bits per heavy atom. The van der Waals surface area contributed by atoms with E-state index in [-0.39, 0.29) is 13.2 Å². The van der Waals surface area contributed by atoms with Crippen molar-refractivity contribution in [1.29, 1.82) is 0 Å². The van der Waals surface area contributed by atoms with E-state index in [1.165, 1.54) is 7.11 Å². The summed E-state index contributed by atoms with van der Waals surface area (Å²) in [7, 11) is -2.62. The summed E-state index contributed by atoms with van der Waals surface area (Å²) in [5.41, 5.74) is 0. The quantitative estimate of drug-likeness (QED) is 0.348. The predicted octanol–water partition coefficient (Wildman–Crippen LogP) is 2.11. The maximum absolute atomic E-state index is 13.8. The van der Waals surface area contributed by atoms with Crippen molar-refractivity contribution in [3.63, 3.8) is 0 Å². The van der Waals surface area contributed by atoms with Crippen molar-refractivity contribution in [2.45, 2.75) is 13.8 Å². The summed E-state index contributed by atoms with van der Waals surface area (Å²) in [4.78, 5) is 0. The summed E-state index contributed by atoms with van der Waals surface area (Å²) in [6, 6.07) is 0.509. The van der Waals surface area contributed by atoms with Crippen LogP contribution in [-0.4, -0.2) is 29.1 Å². The van der Waals surface area contributed by atoms with Crippen molar-refractivity contribution >= 4 is 14.0 Å². The smallest absolute Gasteiger partial charge is 0.373 e. The predicted molar refractivity (Wildman–Crippen MR) is 61.9 cm³/mol. The second-order valence-electron chi connectivity index (χ2n) is 3.47. The first-order chi connectivity index (χ1) is 8.93. The highest BCUT2D eigenvalue weighted by atomic mass is 28.4. The number of benzene rings is 1. The molecule has 0 fully saturated rings. The van der Waals surface area contributed by atoms with E-state index >= 15 is 0 Å². The second-order valence-corrected chi connectivity index (χ2v) is 6.11. The molecular formula is C11H14F4O3Si. The molecule has 0 atom stereocenters. The largest absolute Gasteiger partial charge is 0.540 e. The Hall–Kier alpha value is -0.963. The zero-order chi connectivity index (χ0) is 14.6. The maximum Gasteiger partial charge on any atom is 0.540 e. The van der Waals surface area contributed by atoms with Gasteiger partial charge in [0, 0.05) is 20.3 Å². The third-order valence-corrected chi connectivity index (χ3v) is 5.27. The van der Waals surface area contributed by atoms with Gasteiger partial charge in [-0.15, -0.1) is 0 Å². The molecule has 0 aliphatic rings. The lowest BCUT2D eigenvalue weighted by molar-refractivity contribution is 0.101. The molecule has 3 nitrogen and oxygen atoms in total. The Kier molecular flexibility index (Phi) is 5.47. The van der Waals surface area contributed by atoms with E-state index in [4.69, 9.17) is 13.3 Å². The average molecular weight is 298 g/mol. The molecule has 1 rings (SSSR count). The highest BCUT2D eigenvalue weighted by Gasteiger charge is 2.46. The summed E-state index contributed by atoms with van der Waals surface area (Å²) >= 11 is 0. The zero-order valence-corrected chi connectivity index (χ0v) is 11.7. The number of hydrogen-bond acceptors (Lipinski definition) is 3. The van der Waals surface area contributed by atoms with Crippen LogP contribution in [0, 0.1) is 23.3 Å². The summed E-state index contributed by atoms with van der Waals surface area (Å²) in [6.07, 6.45) is 0. The molecule has 0 amide bonds. The normalized spacial score (nSPS) is 11.9. The van der Waals surface area contributed by atoms with Gasteiger partial charge >= 0.3 is 8.80 Å². The van der Waals surface area contributed by atoms with Crippen LogP contribution in [0.1, 0.15) is 13.8 Å². The Balaban J connectivity index is 3.45. The number of hydrogen-bond donors (Lipinski definition) is 0. The van der Waals surface area contributed by atoms with E-state index in [2.05, 4.69) is 0 Å². The van der Waals surface area contributed by atoms with Crippen molar-refractivity contribution in [2.24, 2.45) is 0 Å². The van der Waals surface area contributed by atoms with Crippen molar-refractivity contribution in [2.75, 3.05) is 20.3 Å². The van der Waals surface area contributed by atoms with Crippen LogP contribution < -0.4 is 5.19 Å². The van der Waals surface area contributed by atoms with E-state index in [1.807, 2.05) is 0 Å². The molecular weight excluding hydrogens is 284 g/mol. The SMILES string of the molecule is CCO[Si](OC)(OCC)c1cc(F)c(F)c(F)c1F. The van der Waals surface area contributed by atoms with Crippen molar-refractivity contribution in [3.05, 3.63) is 29.3 Å². The lowest BCUT2D eigenvalue weighted by atomic mass is 10.3. The molecule has 8 heteroatoms. The number of rotatable bonds is 6. The van der Waals surface area contributed by atoms with Crippen LogP contribution in [0.5, 0.6) is 0 Å². The van der Waals surface area contributed by atoms with E-state index < -0.39 is 37.3 Å². The van der Waals surface area contributed by atoms with E-state index in [0.29, 0.717) is 6.07 Å². The molecule has 0 N–H and O–H groups in total. The van der Waals surface area contributed by atoms with Crippen molar-refractivity contribution in [3.8, 4) is 0 Å². The lowest BCUT2D eigenvalue weighted by Gasteiger charge is -2.27. The molecule has 0 heterocycles. The first kappa shape index (κ1) is 16.1. The fraction of sp³-hybridized carbons (Fsp3) is 0.455. The summed E-state index contributed by atoms with van der Waals surface area (Å²) in [5, 5.41) is -0.560. The fourth-order valence-corrected chi connectivity index (χ4v) is 3.89. The van der Waals surface area contributed by atoms with Gasteiger partial charge < -0.3 is 13.3 Å². The van der Waals surface area contributed by atoms with Gasteiger partial charge in [0.2, 0.25) is 0 Å². The standard InChI is InChI=1S/C11H14F4O3Si/c1-4-17-19(16-3,18-5-2)8-6-7(12)9(13)11(15)10(8)14/h6H,4-5H2,1-3H3. The molecule has 1 aromatic rings. The molecule has 0 saturated heterocycles. The first-order valence-electron chi connectivity index (χ1n) is 5.60. The van der Waals surface area contributed by atoms with Gasteiger partial charge in [0.05, 0.1) is 5.19 Å². The third kappa shape index (κ3) is 2.97. The van der Waals surface area contributed by atoms with Gasteiger partial charge in [0.15, 0.2) is 23.3 Å². The highest BCUT2D eigenvalue weighted by molar-refractivity contribution is 6.75. The van der Waals surface area contributed by atoms with Crippen molar-refractivity contribution in [1.82, 2.24) is 0 Å². The van der Waals surface area contributed by atoms with E-state index in [9.17, 15) is 17.6 Å². The Morgan fingerprint density at radius 1 is 0.947 bits per heavy atom. The summed E-state index contributed by atoms with van der Waals surface area (Å²) in [6.45, 7) is 3.35. The first-order valence-corrected chi connectivity index (χ1v) is 7.32. The van der Waals surface area contributed by atoms with Crippen LogP contribution in [0.4, 0.5) is 17.6 Å². The van der Waals surface area contributed by atoms with Gasteiger partial charge in [0.1, 0.15) is 0 Å².